The third-order valence-electron chi connectivity index (χ3n) is 1.74. The normalized spacial score (nSPS) is 12.1. The first kappa shape index (κ1) is 11.7. The Labute approximate surface area is 88.4 Å². The molecule has 0 aliphatic heterocycles. The van der Waals surface area contributed by atoms with E-state index in [0.29, 0.717) is 6.61 Å². The van der Waals surface area contributed by atoms with Crippen molar-refractivity contribution in [1.29, 1.82) is 0 Å². The van der Waals surface area contributed by atoms with Crippen molar-refractivity contribution in [3.63, 3.8) is 0 Å². The Bertz CT molecular complexity index is 295. The summed E-state index contributed by atoms with van der Waals surface area (Å²) in [6, 6.07) is 9.55. The first-order valence-electron chi connectivity index (χ1n) is 4.66. The number of aliphatic hydroxyl groups excluding tert-OH is 1. The highest BCUT2D eigenvalue weighted by Crippen LogP contribution is 2.00. The number of carbonyl (C=O) groups is 1. The van der Waals surface area contributed by atoms with Crippen LogP contribution in [0.2, 0.25) is 0 Å². The number of carbonyl (C=O) groups excluding carboxylic acids is 1. The van der Waals surface area contributed by atoms with Crippen molar-refractivity contribution < 1.29 is 19.4 Å². The number of ether oxygens (including phenoxy) is 2. The monoisotopic (exact) mass is 210 g/mol. The van der Waals surface area contributed by atoms with Crippen LogP contribution in [0.3, 0.4) is 0 Å². The molecule has 0 aliphatic carbocycles. The quantitative estimate of drug-likeness (QED) is 0.449. The summed E-state index contributed by atoms with van der Waals surface area (Å²) in [6.07, 6.45) is -1.11. The van der Waals surface area contributed by atoms with E-state index in [-0.39, 0.29) is 6.79 Å². The molecule has 1 rings (SSSR count). The van der Waals surface area contributed by atoms with E-state index in [1.54, 1.807) is 0 Å². The smallest absolute Gasteiger partial charge is 0.336 e. The Kier molecular flexibility index (Phi) is 4.80. The van der Waals surface area contributed by atoms with Gasteiger partial charge in [-0.25, -0.2) is 4.79 Å². The summed E-state index contributed by atoms with van der Waals surface area (Å²) in [5.74, 6) is -0.678. The molecule has 15 heavy (non-hydrogen) atoms. The van der Waals surface area contributed by atoms with E-state index in [9.17, 15) is 4.79 Å². The van der Waals surface area contributed by atoms with Gasteiger partial charge in [-0.3, -0.25) is 0 Å². The Hall–Kier alpha value is -1.39. The van der Waals surface area contributed by atoms with Crippen LogP contribution in [0.4, 0.5) is 0 Å². The third-order valence-corrected chi connectivity index (χ3v) is 1.74. The first-order valence-corrected chi connectivity index (χ1v) is 4.66. The molecule has 1 unspecified atom stereocenters. The molecule has 0 spiro atoms. The predicted molar refractivity (Wildman–Crippen MR) is 53.9 cm³/mol. The molecule has 1 aromatic rings. The van der Waals surface area contributed by atoms with Crippen molar-refractivity contribution >= 4 is 5.97 Å². The molecular formula is C11H14O4. The molecule has 1 atom stereocenters. The van der Waals surface area contributed by atoms with Gasteiger partial charge in [0, 0.05) is 0 Å². The molecule has 0 radical (unpaired) electrons. The van der Waals surface area contributed by atoms with Crippen LogP contribution in [-0.2, 0) is 20.9 Å². The van der Waals surface area contributed by atoms with Gasteiger partial charge < -0.3 is 14.6 Å². The van der Waals surface area contributed by atoms with Crippen LogP contribution in [0.5, 0.6) is 0 Å². The lowest BCUT2D eigenvalue weighted by Gasteiger charge is -2.07. The summed E-state index contributed by atoms with van der Waals surface area (Å²) in [6.45, 7) is 1.59. The number of esters is 1. The fourth-order valence-electron chi connectivity index (χ4n) is 0.954. The van der Waals surface area contributed by atoms with Crippen LogP contribution in [0.1, 0.15) is 12.5 Å². The molecule has 1 N–H and O–H groups in total. The molecule has 0 aliphatic rings. The Morgan fingerprint density at radius 3 is 2.67 bits per heavy atom. The lowest BCUT2D eigenvalue weighted by atomic mass is 10.2. The standard InChI is InChI=1S/C11H14O4/c1-9(12)11(13)15-8-14-7-10-5-3-2-4-6-10/h2-6,9,12H,7-8H2,1H3. The lowest BCUT2D eigenvalue weighted by Crippen LogP contribution is -2.20. The van der Waals surface area contributed by atoms with Crippen LogP contribution < -0.4 is 0 Å². The van der Waals surface area contributed by atoms with E-state index in [4.69, 9.17) is 9.84 Å². The van der Waals surface area contributed by atoms with Crippen molar-refractivity contribution in [3.8, 4) is 0 Å². The minimum absolute atomic E-state index is 0.140. The number of hydrogen-bond acceptors (Lipinski definition) is 4. The molecule has 82 valence electrons. The van der Waals surface area contributed by atoms with Crippen molar-refractivity contribution in [2.75, 3.05) is 6.79 Å². The topological polar surface area (TPSA) is 55.8 Å². The Morgan fingerprint density at radius 1 is 1.40 bits per heavy atom. The van der Waals surface area contributed by atoms with Gasteiger partial charge in [0.1, 0.15) is 6.10 Å². The van der Waals surface area contributed by atoms with E-state index in [2.05, 4.69) is 4.74 Å². The fourth-order valence-corrected chi connectivity index (χ4v) is 0.954. The lowest BCUT2D eigenvalue weighted by molar-refractivity contribution is -0.166. The number of hydrogen-bond donors (Lipinski definition) is 1. The molecule has 0 amide bonds. The summed E-state index contributed by atoms with van der Waals surface area (Å²) in [7, 11) is 0. The minimum atomic E-state index is -1.11. The molecule has 4 nitrogen and oxygen atoms in total. The van der Waals surface area contributed by atoms with Crippen molar-refractivity contribution in [2.24, 2.45) is 0 Å². The van der Waals surface area contributed by atoms with E-state index in [1.165, 1.54) is 6.92 Å². The summed E-state index contributed by atoms with van der Waals surface area (Å²) >= 11 is 0. The zero-order valence-electron chi connectivity index (χ0n) is 8.55. The summed E-state index contributed by atoms with van der Waals surface area (Å²) in [5, 5.41) is 8.81. The first-order chi connectivity index (χ1) is 7.20. The molecule has 4 heteroatoms. The maximum absolute atomic E-state index is 10.8. The number of rotatable bonds is 5. The highest BCUT2D eigenvalue weighted by molar-refractivity contribution is 5.73. The van der Waals surface area contributed by atoms with Gasteiger partial charge in [-0.1, -0.05) is 30.3 Å². The SMILES string of the molecule is CC(O)C(=O)OCOCc1ccccc1. The fraction of sp³-hybridized carbons (Fsp3) is 0.364. The van der Waals surface area contributed by atoms with Gasteiger partial charge in [0.15, 0.2) is 6.79 Å². The third kappa shape index (κ3) is 4.58. The number of benzene rings is 1. The van der Waals surface area contributed by atoms with Crippen LogP contribution in [0.15, 0.2) is 30.3 Å². The van der Waals surface area contributed by atoms with Gasteiger partial charge in [-0.15, -0.1) is 0 Å². The molecule has 0 heterocycles. The molecule has 0 saturated carbocycles. The molecule has 1 aromatic carbocycles. The summed E-state index contributed by atoms with van der Waals surface area (Å²) < 4.78 is 9.70. The van der Waals surface area contributed by atoms with Crippen molar-refractivity contribution in [2.45, 2.75) is 19.6 Å². The van der Waals surface area contributed by atoms with Gasteiger partial charge in [0.05, 0.1) is 6.61 Å². The van der Waals surface area contributed by atoms with Gasteiger partial charge in [0.2, 0.25) is 0 Å². The molecule has 0 bridgehead atoms. The van der Waals surface area contributed by atoms with E-state index < -0.39 is 12.1 Å². The maximum Gasteiger partial charge on any atom is 0.336 e. The average Bonchev–Trinajstić information content (AvgIpc) is 2.25. The minimum Gasteiger partial charge on any atom is -0.437 e. The van der Waals surface area contributed by atoms with Gasteiger partial charge in [-0.2, -0.15) is 0 Å². The van der Waals surface area contributed by atoms with Gasteiger partial charge in [-0.05, 0) is 12.5 Å². The molecule has 0 fully saturated rings. The average molecular weight is 210 g/mol. The zero-order chi connectivity index (χ0) is 11.1. The Balaban J connectivity index is 2.15. The second kappa shape index (κ2) is 6.16. The summed E-state index contributed by atoms with van der Waals surface area (Å²) in [5.41, 5.74) is 1.01. The largest absolute Gasteiger partial charge is 0.437 e. The zero-order valence-corrected chi connectivity index (χ0v) is 8.55. The second-order valence-corrected chi connectivity index (χ2v) is 3.09. The second-order valence-electron chi connectivity index (χ2n) is 3.09. The van der Waals surface area contributed by atoms with E-state index in [0.717, 1.165) is 5.56 Å². The molecule has 0 aromatic heterocycles. The van der Waals surface area contributed by atoms with Crippen LogP contribution >= 0.6 is 0 Å². The van der Waals surface area contributed by atoms with Crippen LogP contribution in [0, 0.1) is 0 Å². The van der Waals surface area contributed by atoms with Gasteiger partial charge in [0.25, 0.3) is 0 Å². The predicted octanol–water partition coefficient (Wildman–Crippen LogP) is 1.08. The summed E-state index contributed by atoms with van der Waals surface area (Å²) in [4.78, 5) is 10.8. The maximum atomic E-state index is 10.8. The van der Waals surface area contributed by atoms with E-state index >= 15 is 0 Å². The van der Waals surface area contributed by atoms with Gasteiger partial charge >= 0.3 is 5.97 Å². The molecular weight excluding hydrogens is 196 g/mol. The Morgan fingerprint density at radius 2 is 2.07 bits per heavy atom. The van der Waals surface area contributed by atoms with Crippen molar-refractivity contribution in [3.05, 3.63) is 35.9 Å². The van der Waals surface area contributed by atoms with E-state index in [1.807, 2.05) is 30.3 Å². The van der Waals surface area contributed by atoms with Crippen LogP contribution in [0.25, 0.3) is 0 Å². The number of aliphatic hydroxyl groups is 1. The van der Waals surface area contributed by atoms with Crippen molar-refractivity contribution in [1.82, 2.24) is 0 Å². The molecule has 0 saturated heterocycles. The van der Waals surface area contributed by atoms with Crippen LogP contribution in [-0.4, -0.2) is 24.0 Å². The highest BCUT2D eigenvalue weighted by Gasteiger charge is 2.09. The highest BCUT2D eigenvalue weighted by atomic mass is 16.7.